The molecular formula is C9H8LiNO4. The molecule has 0 bridgehead atoms. The van der Waals surface area contributed by atoms with E-state index in [1.54, 1.807) is 6.92 Å². The molecule has 0 atom stereocenters. The number of hydrogen-bond acceptors (Lipinski definition) is 4. The van der Waals surface area contributed by atoms with Crippen LogP contribution in [0.5, 0.6) is 0 Å². The monoisotopic (exact) mass is 201 g/mol. The number of Topliss-reactive ketones (excluding diaryl/α,β-unsaturated/α-hetero) is 1. The van der Waals surface area contributed by atoms with Gasteiger partial charge in [-0.15, -0.1) is 0 Å². The van der Waals surface area contributed by atoms with Crippen LogP contribution in [0.2, 0.25) is 0 Å². The third-order valence-corrected chi connectivity index (χ3v) is 1.50. The predicted octanol–water partition coefficient (Wildman–Crippen LogP) is -2.79. The minimum absolute atomic E-state index is 0. The number of carbonyl (C=O) groups excluding carboxylic acids is 3. The molecule has 0 aliphatic rings. The molecule has 0 aromatic carbocycles. The van der Waals surface area contributed by atoms with Gasteiger partial charge < -0.3 is 9.72 Å². The van der Waals surface area contributed by atoms with Gasteiger partial charge >= 0.3 is 24.8 Å². The summed E-state index contributed by atoms with van der Waals surface area (Å²) >= 11 is 0. The molecule has 0 spiro atoms. The first kappa shape index (κ1) is 13.7. The second kappa shape index (κ2) is 6.22. The first-order valence-corrected chi connectivity index (χ1v) is 3.98. The van der Waals surface area contributed by atoms with E-state index in [9.17, 15) is 14.4 Å². The zero-order chi connectivity index (χ0) is 10.6. The molecule has 0 saturated heterocycles. The molecule has 0 amide bonds. The molecule has 1 aromatic rings. The van der Waals surface area contributed by atoms with Crippen LogP contribution in [0.15, 0.2) is 12.3 Å². The van der Waals surface area contributed by atoms with Crippen molar-refractivity contribution in [2.75, 3.05) is 6.61 Å². The summed E-state index contributed by atoms with van der Waals surface area (Å²) in [5, 5.41) is 0. The van der Waals surface area contributed by atoms with Gasteiger partial charge in [0.1, 0.15) is 6.29 Å². The van der Waals surface area contributed by atoms with Crippen molar-refractivity contribution in [1.82, 2.24) is 4.98 Å². The van der Waals surface area contributed by atoms with Gasteiger partial charge in [-0.2, -0.15) is 6.20 Å². The second-order valence-electron chi connectivity index (χ2n) is 2.45. The standard InChI is InChI=1S/C9H9NO4.Li/c1-2-14-9(13)8(12)6-3-7(5-11)10-4-6;/h3-5H,2H2,1H3,(H,10,11,12);/q;+1/p-1. The van der Waals surface area contributed by atoms with E-state index in [0.29, 0.717) is 6.29 Å². The van der Waals surface area contributed by atoms with Crippen LogP contribution >= 0.6 is 0 Å². The van der Waals surface area contributed by atoms with Crippen LogP contribution in [0, 0.1) is 0 Å². The van der Waals surface area contributed by atoms with E-state index in [0.717, 1.165) is 0 Å². The summed E-state index contributed by atoms with van der Waals surface area (Å²) < 4.78 is 4.50. The Morgan fingerprint density at radius 1 is 1.53 bits per heavy atom. The Morgan fingerprint density at radius 3 is 2.67 bits per heavy atom. The van der Waals surface area contributed by atoms with Gasteiger partial charge in [-0.25, -0.2) is 4.79 Å². The molecule has 1 aromatic heterocycles. The van der Waals surface area contributed by atoms with Crippen LogP contribution in [0.4, 0.5) is 0 Å². The maximum Gasteiger partial charge on any atom is 1.00 e. The summed E-state index contributed by atoms with van der Waals surface area (Å²) in [6, 6.07) is 1.24. The first-order chi connectivity index (χ1) is 6.69. The minimum Gasteiger partial charge on any atom is -0.661 e. The Balaban J connectivity index is 0.00000196. The van der Waals surface area contributed by atoms with Gasteiger partial charge in [0.15, 0.2) is 0 Å². The number of ketones is 1. The number of aldehydes is 1. The molecule has 0 unspecified atom stereocenters. The molecule has 0 fully saturated rings. The average Bonchev–Trinajstić information content (AvgIpc) is 2.65. The largest absolute Gasteiger partial charge is 1.00 e. The quantitative estimate of drug-likeness (QED) is 0.173. The molecule has 1 heterocycles. The van der Waals surface area contributed by atoms with Crippen LogP contribution in [-0.4, -0.2) is 24.6 Å². The van der Waals surface area contributed by atoms with E-state index in [2.05, 4.69) is 9.72 Å². The minimum atomic E-state index is -0.933. The van der Waals surface area contributed by atoms with E-state index in [1.165, 1.54) is 12.3 Å². The zero-order valence-electron chi connectivity index (χ0n) is 8.52. The molecule has 74 valence electrons. The van der Waals surface area contributed by atoms with Gasteiger partial charge in [0, 0.05) is 5.56 Å². The van der Waals surface area contributed by atoms with Gasteiger partial charge in [0.25, 0.3) is 5.78 Å². The molecule has 0 saturated carbocycles. The van der Waals surface area contributed by atoms with Crippen molar-refractivity contribution in [3.63, 3.8) is 0 Å². The number of nitrogens with zero attached hydrogens (tertiary/aromatic N) is 1. The molecule has 0 aliphatic carbocycles. The predicted molar refractivity (Wildman–Crippen MR) is 46.1 cm³/mol. The van der Waals surface area contributed by atoms with Gasteiger partial charge in [0.2, 0.25) is 0 Å². The molecule has 1 rings (SSSR count). The van der Waals surface area contributed by atoms with Crippen molar-refractivity contribution in [2.24, 2.45) is 0 Å². The first-order valence-electron chi connectivity index (χ1n) is 3.98. The van der Waals surface area contributed by atoms with E-state index in [-0.39, 0.29) is 36.7 Å². The molecule has 0 radical (unpaired) electrons. The van der Waals surface area contributed by atoms with Gasteiger partial charge in [-0.3, -0.25) is 9.59 Å². The Labute approximate surface area is 98.4 Å². The van der Waals surface area contributed by atoms with E-state index >= 15 is 0 Å². The van der Waals surface area contributed by atoms with E-state index in [4.69, 9.17) is 0 Å². The number of rotatable bonds is 4. The van der Waals surface area contributed by atoms with Gasteiger partial charge in [-0.05, 0) is 6.92 Å². The fourth-order valence-corrected chi connectivity index (χ4v) is 0.881. The van der Waals surface area contributed by atoms with Crippen molar-refractivity contribution in [1.29, 1.82) is 0 Å². The summed E-state index contributed by atoms with van der Waals surface area (Å²) in [5.41, 5.74) is 0.197. The Kier molecular flexibility index (Phi) is 5.68. The number of aromatic nitrogens is 1. The van der Waals surface area contributed by atoms with Crippen molar-refractivity contribution in [3.8, 4) is 0 Å². The van der Waals surface area contributed by atoms with Crippen LogP contribution in [0.25, 0.3) is 0 Å². The third-order valence-electron chi connectivity index (χ3n) is 1.50. The fourth-order valence-electron chi connectivity index (χ4n) is 0.881. The van der Waals surface area contributed by atoms with Crippen molar-refractivity contribution >= 4 is 18.0 Å². The molecule has 15 heavy (non-hydrogen) atoms. The fraction of sp³-hybridized carbons (Fsp3) is 0.222. The van der Waals surface area contributed by atoms with Crippen molar-refractivity contribution in [2.45, 2.75) is 6.92 Å². The third kappa shape index (κ3) is 3.39. The topological polar surface area (TPSA) is 74.5 Å². The molecule has 6 heteroatoms. The number of ether oxygens (including phenoxy) is 1. The summed E-state index contributed by atoms with van der Waals surface area (Å²) in [6.45, 7) is 1.74. The van der Waals surface area contributed by atoms with Gasteiger partial charge in [0.05, 0.1) is 6.61 Å². The van der Waals surface area contributed by atoms with E-state index in [1.807, 2.05) is 0 Å². The Morgan fingerprint density at radius 2 is 2.20 bits per heavy atom. The normalized spacial score (nSPS) is 8.87. The summed E-state index contributed by atoms with van der Waals surface area (Å²) in [5.74, 6) is -1.72. The molecule has 5 nitrogen and oxygen atoms in total. The van der Waals surface area contributed by atoms with Crippen molar-refractivity contribution < 1.29 is 38.0 Å². The summed E-state index contributed by atoms with van der Waals surface area (Å²) in [6.07, 6.45) is 1.67. The van der Waals surface area contributed by atoms with E-state index < -0.39 is 11.8 Å². The van der Waals surface area contributed by atoms with Crippen LogP contribution < -0.4 is 23.8 Å². The number of hydrogen-bond donors (Lipinski definition) is 0. The number of esters is 1. The summed E-state index contributed by atoms with van der Waals surface area (Å²) in [7, 11) is 0. The van der Waals surface area contributed by atoms with Gasteiger partial charge in [-0.1, -0.05) is 11.8 Å². The number of carbonyl (C=O) groups is 3. The molecule has 0 aliphatic heterocycles. The Bertz CT molecular complexity index is 372. The average molecular weight is 201 g/mol. The Hall–Kier alpha value is -1.31. The molecule has 0 N–H and O–H groups in total. The summed E-state index contributed by atoms with van der Waals surface area (Å²) in [4.78, 5) is 36.0. The van der Waals surface area contributed by atoms with Crippen LogP contribution in [-0.2, 0) is 9.53 Å². The maximum atomic E-state index is 11.2. The van der Waals surface area contributed by atoms with Crippen molar-refractivity contribution in [3.05, 3.63) is 23.5 Å². The smallest absolute Gasteiger partial charge is 0.661 e. The second-order valence-corrected chi connectivity index (χ2v) is 2.45. The SMILES string of the molecule is CCOC(=O)C(=O)c1c[n-]c(C=O)c1.[Li+]. The molecular weight excluding hydrogens is 193 g/mol. The van der Waals surface area contributed by atoms with Crippen LogP contribution in [0.1, 0.15) is 27.8 Å². The van der Waals surface area contributed by atoms with Crippen LogP contribution in [0.3, 0.4) is 0 Å². The maximum absolute atomic E-state index is 11.2. The zero-order valence-corrected chi connectivity index (χ0v) is 8.52.